The molecule has 0 aliphatic heterocycles. The predicted molar refractivity (Wildman–Crippen MR) is 115 cm³/mol. The number of halogens is 2. The van der Waals surface area contributed by atoms with Crippen LogP contribution in [0.3, 0.4) is 0 Å². The molecule has 0 spiro atoms. The second-order valence-electron chi connectivity index (χ2n) is 5.55. The molecule has 0 atom stereocenters. The van der Waals surface area contributed by atoms with E-state index in [4.69, 9.17) is 11.6 Å². The summed E-state index contributed by atoms with van der Waals surface area (Å²) in [7, 11) is 1.78. The smallest absolute Gasteiger partial charge is 0.191 e. The topological polar surface area (TPSA) is 49.3 Å². The van der Waals surface area contributed by atoms with Crippen molar-refractivity contribution < 1.29 is 0 Å². The average molecular weight is 479 g/mol. The molecule has 7 heteroatoms. The lowest BCUT2D eigenvalue weighted by Crippen LogP contribution is -2.37. The molecule has 4 nitrogen and oxygen atoms in total. The van der Waals surface area contributed by atoms with Crippen LogP contribution in [-0.2, 0) is 13.0 Å². The van der Waals surface area contributed by atoms with Crippen LogP contribution < -0.4 is 10.6 Å². The summed E-state index contributed by atoms with van der Waals surface area (Å²) in [6.45, 7) is 5.82. The Morgan fingerprint density at radius 3 is 2.54 bits per heavy atom. The molecule has 0 bridgehead atoms. The standard InChI is InChI=1S/C17H23ClN4S.HI/c1-12(2)15-11-23-16(22-15)10-21-17(19-3)20-9-8-13-4-6-14(18)7-5-13;/h4-7,11-12H,8-10H2,1-3H3,(H2,19,20,21);1H. The highest BCUT2D eigenvalue weighted by Crippen LogP contribution is 2.17. The Hall–Kier alpha value is -0.860. The Balaban J connectivity index is 0.00000288. The maximum absolute atomic E-state index is 5.89. The fourth-order valence-electron chi connectivity index (χ4n) is 2.03. The van der Waals surface area contributed by atoms with E-state index in [1.807, 2.05) is 24.3 Å². The van der Waals surface area contributed by atoms with Gasteiger partial charge in [-0.25, -0.2) is 4.98 Å². The fraction of sp³-hybridized carbons (Fsp3) is 0.412. The molecule has 2 rings (SSSR count). The summed E-state index contributed by atoms with van der Waals surface area (Å²) in [5, 5.41) is 10.6. The molecule has 0 aliphatic carbocycles. The normalized spacial score (nSPS) is 11.3. The Labute approximate surface area is 170 Å². The second-order valence-corrected chi connectivity index (χ2v) is 6.93. The Kier molecular flexibility index (Phi) is 9.61. The first-order chi connectivity index (χ1) is 11.1. The first-order valence-electron chi connectivity index (χ1n) is 7.71. The molecule has 132 valence electrons. The lowest BCUT2D eigenvalue weighted by Gasteiger charge is -2.11. The van der Waals surface area contributed by atoms with Crippen molar-refractivity contribution >= 4 is 52.9 Å². The highest BCUT2D eigenvalue weighted by molar-refractivity contribution is 14.0. The van der Waals surface area contributed by atoms with Crippen LogP contribution in [0.15, 0.2) is 34.6 Å². The number of nitrogens with zero attached hydrogens (tertiary/aromatic N) is 2. The number of hydrogen-bond acceptors (Lipinski definition) is 3. The van der Waals surface area contributed by atoms with Gasteiger partial charge in [-0.15, -0.1) is 35.3 Å². The maximum atomic E-state index is 5.89. The molecule has 1 heterocycles. The van der Waals surface area contributed by atoms with Gasteiger partial charge in [0, 0.05) is 24.0 Å². The lowest BCUT2D eigenvalue weighted by atomic mass is 10.1. The lowest BCUT2D eigenvalue weighted by molar-refractivity contribution is 0.778. The van der Waals surface area contributed by atoms with E-state index in [0.29, 0.717) is 12.5 Å². The number of rotatable bonds is 6. The third-order valence-electron chi connectivity index (χ3n) is 3.41. The third kappa shape index (κ3) is 6.94. The highest BCUT2D eigenvalue weighted by atomic mass is 127. The van der Waals surface area contributed by atoms with Gasteiger partial charge in [0.1, 0.15) is 5.01 Å². The van der Waals surface area contributed by atoms with E-state index in [1.54, 1.807) is 18.4 Å². The van der Waals surface area contributed by atoms with Crippen molar-refractivity contribution in [3.63, 3.8) is 0 Å². The van der Waals surface area contributed by atoms with Gasteiger partial charge >= 0.3 is 0 Å². The zero-order valence-electron chi connectivity index (χ0n) is 14.2. The number of benzene rings is 1. The number of guanidine groups is 1. The van der Waals surface area contributed by atoms with Gasteiger partial charge in [0.15, 0.2) is 5.96 Å². The average Bonchev–Trinajstić information content (AvgIpc) is 3.01. The van der Waals surface area contributed by atoms with Crippen molar-refractivity contribution in [3.8, 4) is 0 Å². The van der Waals surface area contributed by atoms with Crippen LogP contribution in [0.5, 0.6) is 0 Å². The van der Waals surface area contributed by atoms with Crippen LogP contribution in [0.1, 0.15) is 36.0 Å². The van der Waals surface area contributed by atoms with Crippen LogP contribution in [0.25, 0.3) is 0 Å². The zero-order valence-corrected chi connectivity index (χ0v) is 18.1. The number of aromatic nitrogens is 1. The zero-order chi connectivity index (χ0) is 16.7. The Morgan fingerprint density at radius 2 is 1.96 bits per heavy atom. The van der Waals surface area contributed by atoms with Crippen molar-refractivity contribution in [3.05, 3.63) is 50.9 Å². The minimum atomic E-state index is 0. The highest BCUT2D eigenvalue weighted by Gasteiger charge is 2.06. The summed E-state index contributed by atoms with van der Waals surface area (Å²) < 4.78 is 0. The van der Waals surface area contributed by atoms with Crippen LogP contribution >= 0.6 is 46.9 Å². The van der Waals surface area contributed by atoms with Gasteiger partial charge < -0.3 is 10.6 Å². The van der Waals surface area contributed by atoms with E-state index in [1.165, 1.54) is 5.56 Å². The first kappa shape index (κ1) is 21.2. The van der Waals surface area contributed by atoms with E-state index < -0.39 is 0 Å². The molecular formula is C17H24ClIN4S. The van der Waals surface area contributed by atoms with E-state index in [2.05, 4.69) is 39.8 Å². The molecule has 0 unspecified atom stereocenters. The quantitative estimate of drug-likeness (QED) is 0.366. The van der Waals surface area contributed by atoms with Crippen molar-refractivity contribution in [1.29, 1.82) is 0 Å². The summed E-state index contributed by atoms with van der Waals surface area (Å²) in [4.78, 5) is 8.85. The molecule has 24 heavy (non-hydrogen) atoms. The van der Waals surface area contributed by atoms with Crippen molar-refractivity contribution in [2.75, 3.05) is 13.6 Å². The summed E-state index contributed by atoms with van der Waals surface area (Å²) in [5.74, 6) is 1.26. The van der Waals surface area contributed by atoms with Crippen molar-refractivity contribution in [2.24, 2.45) is 4.99 Å². The van der Waals surface area contributed by atoms with Gasteiger partial charge in [-0.3, -0.25) is 4.99 Å². The van der Waals surface area contributed by atoms with E-state index in [9.17, 15) is 0 Å². The molecule has 0 aliphatic rings. The van der Waals surface area contributed by atoms with E-state index >= 15 is 0 Å². The number of thiazole rings is 1. The summed E-state index contributed by atoms with van der Waals surface area (Å²) in [6, 6.07) is 7.92. The minimum absolute atomic E-state index is 0. The van der Waals surface area contributed by atoms with Gasteiger partial charge in [-0.1, -0.05) is 37.6 Å². The molecule has 2 N–H and O–H groups in total. The minimum Gasteiger partial charge on any atom is -0.356 e. The second kappa shape index (κ2) is 10.9. The summed E-state index contributed by atoms with van der Waals surface area (Å²) in [6.07, 6.45) is 0.923. The van der Waals surface area contributed by atoms with Gasteiger partial charge in [-0.2, -0.15) is 0 Å². The van der Waals surface area contributed by atoms with Gasteiger partial charge in [0.05, 0.1) is 12.2 Å². The monoisotopic (exact) mass is 478 g/mol. The summed E-state index contributed by atoms with van der Waals surface area (Å²) >= 11 is 7.57. The van der Waals surface area contributed by atoms with Gasteiger partial charge in [0.2, 0.25) is 0 Å². The molecule has 0 saturated carbocycles. The van der Waals surface area contributed by atoms with Crippen molar-refractivity contribution in [1.82, 2.24) is 15.6 Å². The summed E-state index contributed by atoms with van der Waals surface area (Å²) in [5.41, 5.74) is 2.40. The van der Waals surface area contributed by atoms with E-state index in [-0.39, 0.29) is 24.0 Å². The molecule has 0 saturated heterocycles. The Morgan fingerprint density at radius 1 is 1.25 bits per heavy atom. The number of nitrogens with one attached hydrogen (secondary N) is 2. The molecule has 0 radical (unpaired) electrons. The van der Waals surface area contributed by atoms with E-state index in [0.717, 1.165) is 34.6 Å². The van der Waals surface area contributed by atoms with Crippen LogP contribution in [0, 0.1) is 0 Å². The molecule has 0 fully saturated rings. The molecule has 2 aromatic rings. The van der Waals surface area contributed by atoms with Crippen LogP contribution in [0.2, 0.25) is 5.02 Å². The SMILES string of the molecule is CN=C(NCCc1ccc(Cl)cc1)NCc1nc(C(C)C)cs1.I. The van der Waals surface area contributed by atoms with Gasteiger partial charge in [-0.05, 0) is 30.0 Å². The maximum Gasteiger partial charge on any atom is 0.191 e. The van der Waals surface area contributed by atoms with Crippen molar-refractivity contribution in [2.45, 2.75) is 32.7 Å². The largest absolute Gasteiger partial charge is 0.356 e. The third-order valence-corrected chi connectivity index (χ3v) is 4.53. The van der Waals surface area contributed by atoms with Gasteiger partial charge in [0.25, 0.3) is 0 Å². The fourth-order valence-corrected chi connectivity index (χ4v) is 3.05. The Bertz CT molecular complexity index is 640. The van der Waals surface area contributed by atoms with Crippen LogP contribution in [0.4, 0.5) is 0 Å². The first-order valence-corrected chi connectivity index (χ1v) is 8.97. The molecule has 1 aromatic carbocycles. The molecule has 1 aromatic heterocycles. The van der Waals surface area contributed by atoms with Crippen LogP contribution in [-0.4, -0.2) is 24.5 Å². The number of hydrogen-bond donors (Lipinski definition) is 2. The molecular weight excluding hydrogens is 455 g/mol. The predicted octanol–water partition coefficient (Wildman–Crippen LogP) is 4.45. The molecule has 0 amide bonds. The number of aliphatic imine (C=N–C) groups is 1.